The first kappa shape index (κ1) is 12.3. The minimum absolute atomic E-state index is 0.764. The minimum Gasteiger partial charge on any atom is -0.317 e. The van der Waals surface area contributed by atoms with Gasteiger partial charge in [-0.3, -0.25) is 4.90 Å². The number of hydrogen-bond acceptors (Lipinski definition) is 3. The average Bonchev–Trinajstić information content (AvgIpc) is 2.54. The van der Waals surface area contributed by atoms with Crippen LogP contribution in [0.3, 0.4) is 0 Å². The number of nitrogens with zero attached hydrogens (tertiary/aromatic N) is 2. The van der Waals surface area contributed by atoms with Crippen LogP contribution in [-0.4, -0.2) is 62.2 Å². The molecule has 0 aromatic heterocycles. The van der Waals surface area contributed by atoms with Crippen LogP contribution in [0.15, 0.2) is 0 Å². The lowest BCUT2D eigenvalue weighted by Crippen LogP contribution is -2.44. The second-order valence-corrected chi connectivity index (χ2v) is 5.50. The maximum atomic E-state index is 3.46. The van der Waals surface area contributed by atoms with Gasteiger partial charge in [0.2, 0.25) is 0 Å². The first-order valence-electron chi connectivity index (χ1n) is 6.89. The van der Waals surface area contributed by atoms with E-state index < -0.39 is 0 Å². The summed E-state index contributed by atoms with van der Waals surface area (Å²) in [5.41, 5.74) is 0. The smallest absolute Gasteiger partial charge is 0.0112 e. The molecule has 0 aromatic carbocycles. The van der Waals surface area contributed by atoms with E-state index in [9.17, 15) is 0 Å². The fourth-order valence-electron chi connectivity index (χ4n) is 3.19. The highest BCUT2D eigenvalue weighted by atomic mass is 15.2. The van der Waals surface area contributed by atoms with Gasteiger partial charge in [-0.25, -0.2) is 0 Å². The van der Waals surface area contributed by atoms with Crippen molar-refractivity contribution in [2.75, 3.05) is 40.3 Å². The minimum atomic E-state index is 0.764. The molecule has 2 rings (SSSR count). The molecule has 3 heteroatoms. The molecule has 94 valence electrons. The van der Waals surface area contributed by atoms with Crippen molar-refractivity contribution in [1.29, 1.82) is 0 Å². The lowest BCUT2D eigenvalue weighted by Gasteiger charge is -2.37. The summed E-state index contributed by atoms with van der Waals surface area (Å²) in [5, 5.41) is 3.46. The molecule has 0 spiro atoms. The summed E-state index contributed by atoms with van der Waals surface area (Å²) in [6.45, 7) is 5.11. The standard InChI is InChI=1S/C13H27N3/c1-14-12-5-3-6-13(11-12)16-8-4-7-15(2)9-10-16/h12-14H,3-11H2,1-2H3/t12-,13-/m0/s1. The van der Waals surface area contributed by atoms with Crippen LogP contribution in [0.4, 0.5) is 0 Å². The summed E-state index contributed by atoms with van der Waals surface area (Å²) in [5.74, 6) is 0. The molecule has 1 saturated heterocycles. The zero-order chi connectivity index (χ0) is 11.4. The van der Waals surface area contributed by atoms with Crippen LogP contribution in [0.5, 0.6) is 0 Å². The molecule has 2 aliphatic rings. The Morgan fingerprint density at radius 2 is 1.88 bits per heavy atom. The summed E-state index contributed by atoms with van der Waals surface area (Å²) in [4.78, 5) is 5.21. The average molecular weight is 225 g/mol. The molecule has 2 fully saturated rings. The zero-order valence-electron chi connectivity index (χ0n) is 10.9. The van der Waals surface area contributed by atoms with Gasteiger partial charge in [-0.1, -0.05) is 6.42 Å². The van der Waals surface area contributed by atoms with Gasteiger partial charge in [0.05, 0.1) is 0 Å². The van der Waals surface area contributed by atoms with Crippen LogP contribution in [0.25, 0.3) is 0 Å². The molecular formula is C13H27N3. The molecular weight excluding hydrogens is 198 g/mol. The lowest BCUT2D eigenvalue weighted by molar-refractivity contribution is 0.146. The van der Waals surface area contributed by atoms with Crippen LogP contribution in [0.1, 0.15) is 32.1 Å². The summed E-state index contributed by atoms with van der Waals surface area (Å²) in [6.07, 6.45) is 6.91. The highest BCUT2D eigenvalue weighted by Crippen LogP contribution is 2.23. The summed E-state index contributed by atoms with van der Waals surface area (Å²) < 4.78 is 0. The second-order valence-electron chi connectivity index (χ2n) is 5.50. The van der Waals surface area contributed by atoms with Gasteiger partial charge in [-0.05, 0) is 52.9 Å². The zero-order valence-corrected chi connectivity index (χ0v) is 10.9. The molecule has 0 radical (unpaired) electrons. The molecule has 1 saturated carbocycles. The topological polar surface area (TPSA) is 18.5 Å². The molecule has 3 nitrogen and oxygen atoms in total. The van der Waals surface area contributed by atoms with Crippen molar-refractivity contribution in [3.05, 3.63) is 0 Å². The normalized spacial score (nSPS) is 34.9. The van der Waals surface area contributed by atoms with Gasteiger partial charge in [0.15, 0.2) is 0 Å². The van der Waals surface area contributed by atoms with Gasteiger partial charge in [-0.2, -0.15) is 0 Å². The van der Waals surface area contributed by atoms with Gasteiger partial charge in [0.25, 0.3) is 0 Å². The molecule has 0 bridgehead atoms. The maximum Gasteiger partial charge on any atom is 0.0112 e. The summed E-state index contributed by atoms with van der Waals surface area (Å²) >= 11 is 0. The molecule has 16 heavy (non-hydrogen) atoms. The quantitative estimate of drug-likeness (QED) is 0.761. The van der Waals surface area contributed by atoms with Crippen molar-refractivity contribution in [3.63, 3.8) is 0 Å². The molecule has 0 unspecified atom stereocenters. The molecule has 2 atom stereocenters. The summed E-state index contributed by atoms with van der Waals surface area (Å²) in [6, 6.07) is 1.61. The number of nitrogens with one attached hydrogen (secondary N) is 1. The van der Waals surface area contributed by atoms with Crippen molar-refractivity contribution in [2.45, 2.75) is 44.2 Å². The number of likely N-dealkylation sites (N-methyl/N-ethyl adjacent to an activating group) is 1. The first-order valence-corrected chi connectivity index (χ1v) is 6.89. The predicted octanol–water partition coefficient (Wildman–Crippen LogP) is 1.15. The summed E-state index contributed by atoms with van der Waals surface area (Å²) in [7, 11) is 4.37. The highest BCUT2D eigenvalue weighted by Gasteiger charge is 2.26. The van der Waals surface area contributed by atoms with Crippen molar-refractivity contribution >= 4 is 0 Å². The van der Waals surface area contributed by atoms with E-state index in [1.807, 2.05) is 0 Å². The molecule has 0 amide bonds. The SMILES string of the molecule is CN[C@H]1CCC[C@H](N2CCCN(C)CC2)C1. The third-order valence-electron chi connectivity index (χ3n) is 4.33. The van der Waals surface area contributed by atoms with Crippen LogP contribution < -0.4 is 5.32 Å². The van der Waals surface area contributed by atoms with E-state index in [0.717, 1.165) is 12.1 Å². The van der Waals surface area contributed by atoms with Crippen molar-refractivity contribution < 1.29 is 0 Å². The Balaban J connectivity index is 1.85. The van der Waals surface area contributed by atoms with Crippen molar-refractivity contribution in [3.8, 4) is 0 Å². The third-order valence-corrected chi connectivity index (χ3v) is 4.33. The molecule has 0 aromatic rings. The number of rotatable bonds is 2. The van der Waals surface area contributed by atoms with Crippen LogP contribution in [0.2, 0.25) is 0 Å². The Morgan fingerprint density at radius 1 is 1.00 bits per heavy atom. The molecule has 1 aliphatic heterocycles. The van der Waals surface area contributed by atoms with Crippen LogP contribution in [-0.2, 0) is 0 Å². The third kappa shape index (κ3) is 3.19. The van der Waals surface area contributed by atoms with Gasteiger partial charge in [0.1, 0.15) is 0 Å². The van der Waals surface area contributed by atoms with Crippen LogP contribution in [0, 0.1) is 0 Å². The Kier molecular flexibility index (Phi) is 4.62. The van der Waals surface area contributed by atoms with Crippen LogP contribution >= 0.6 is 0 Å². The number of hydrogen-bond donors (Lipinski definition) is 1. The van der Waals surface area contributed by atoms with Gasteiger partial charge >= 0.3 is 0 Å². The Bertz CT molecular complexity index is 207. The molecule has 1 heterocycles. The molecule has 1 aliphatic carbocycles. The maximum absolute atomic E-state index is 3.46. The van der Waals surface area contributed by atoms with E-state index in [1.165, 1.54) is 58.3 Å². The fourth-order valence-corrected chi connectivity index (χ4v) is 3.19. The van der Waals surface area contributed by atoms with Crippen molar-refractivity contribution in [1.82, 2.24) is 15.1 Å². The van der Waals surface area contributed by atoms with Gasteiger partial charge in [-0.15, -0.1) is 0 Å². The fraction of sp³-hybridized carbons (Fsp3) is 1.00. The van der Waals surface area contributed by atoms with Gasteiger partial charge in [0, 0.05) is 25.2 Å². The van der Waals surface area contributed by atoms with E-state index in [2.05, 4.69) is 29.2 Å². The Hall–Kier alpha value is -0.120. The van der Waals surface area contributed by atoms with E-state index in [1.54, 1.807) is 0 Å². The van der Waals surface area contributed by atoms with E-state index in [-0.39, 0.29) is 0 Å². The highest BCUT2D eigenvalue weighted by molar-refractivity contribution is 4.84. The predicted molar refractivity (Wildman–Crippen MR) is 68.8 cm³/mol. The monoisotopic (exact) mass is 225 g/mol. The van der Waals surface area contributed by atoms with E-state index in [0.29, 0.717) is 0 Å². The van der Waals surface area contributed by atoms with Crippen molar-refractivity contribution in [2.24, 2.45) is 0 Å². The second kappa shape index (κ2) is 5.99. The largest absolute Gasteiger partial charge is 0.317 e. The lowest BCUT2D eigenvalue weighted by atomic mass is 9.90. The first-order chi connectivity index (χ1) is 7.79. The molecule has 1 N–H and O–H groups in total. The van der Waals surface area contributed by atoms with E-state index in [4.69, 9.17) is 0 Å². The Morgan fingerprint density at radius 3 is 2.69 bits per heavy atom. The van der Waals surface area contributed by atoms with Gasteiger partial charge < -0.3 is 10.2 Å². The Labute approximate surface area is 100 Å². The van der Waals surface area contributed by atoms with E-state index >= 15 is 0 Å².